The molecule has 1 N–H and O–H groups in total. The zero-order valence-corrected chi connectivity index (χ0v) is 11.5. The lowest BCUT2D eigenvalue weighted by Gasteiger charge is -2.29. The summed E-state index contributed by atoms with van der Waals surface area (Å²) < 4.78 is 26.7. The normalized spacial score (nSPS) is 16.1. The Morgan fingerprint density at radius 2 is 2.05 bits per heavy atom. The number of hydrogen-bond donors (Lipinski definition) is 1. The van der Waals surface area contributed by atoms with E-state index >= 15 is 0 Å². The molecule has 6 heteroatoms. The van der Waals surface area contributed by atoms with E-state index < -0.39 is 17.5 Å². The number of amides is 1. The van der Waals surface area contributed by atoms with Gasteiger partial charge in [0.05, 0.1) is 5.56 Å². The molecule has 0 radical (unpaired) electrons. The third-order valence-electron chi connectivity index (χ3n) is 3.49. The molecule has 1 fully saturated rings. The van der Waals surface area contributed by atoms with Gasteiger partial charge >= 0.3 is 0 Å². The van der Waals surface area contributed by atoms with Gasteiger partial charge in [-0.25, -0.2) is 8.78 Å². The predicted octanol–water partition coefficient (Wildman–Crippen LogP) is 0.942. The van der Waals surface area contributed by atoms with Crippen LogP contribution in [0.3, 0.4) is 0 Å². The van der Waals surface area contributed by atoms with Gasteiger partial charge in [-0.1, -0.05) is 6.07 Å². The van der Waals surface area contributed by atoms with Gasteiger partial charge in [0.25, 0.3) is 5.91 Å². The third-order valence-corrected chi connectivity index (χ3v) is 3.49. The maximum Gasteiger partial charge on any atom is 0.256 e. The quantitative estimate of drug-likeness (QED) is 0.893. The molecule has 0 atom stereocenters. The third kappa shape index (κ3) is 3.52. The van der Waals surface area contributed by atoms with Crippen LogP contribution in [-0.2, 0) is 0 Å². The van der Waals surface area contributed by atoms with E-state index in [1.807, 2.05) is 0 Å². The zero-order valence-electron chi connectivity index (χ0n) is 11.5. The van der Waals surface area contributed by atoms with Crippen LogP contribution in [-0.4, -0.2) is 62.0 Å². The second-order valence-corrected chi connectivity index (χ2v) is 4.92. The number of rotatable bonds is 4. The van der Waals surface area contributed by atoms with Crippen molar-refractivity contribution in [2.45, 2.75) is 0 Å². The van der Waals surface area contributed by atoms with E-state index in [2.05, 4.69) is 10.2 Å². The molecule has 1 aromatic carbocycles. The van der Waals surface area contributed by atoms with E-state index in [0.717, 1.165) is 38.8 Å². The molecule has 0 bridgehead atoms. The van der Waals surface area contributed by atoms with Crippen molar-refractivity contribution in [3.8, 4) is 0 Å². The van der Waals surface area contributed by atoms with Crippen LogP contribution in [0.2, 0.25) is 0 Å². The number of likely N-dealkylation sites (N-methyl/N-ethyl adjacent to an activating group) is 1. The first-order chi connectivity index (χ1) is 9.59. The molecule has 1 aliphatic heterocycles. The lowest BCUT2D eigenvalue weighted by atomic mass is 10.2. The summed E-state index contributed by atoms with van der Waals surface area (Å²) >= 11 is 0. The fourth-order valence-corrected chi connectivity index (χ4v) is 2.20. The summed E-state index contributed by atoms with van der Waals surface area (Å²) in [6, 6.07) is 3.66. The summed E-state index contributed by atoms with van der Waals surface area (Å²) in [6.45, 7) is 4.99. The molecule has 1 amide bonds. The Morgan fingerprint density at radius 3 is 2.75 bits per heavy atom. The molecular weight excluding hydrogens is 264 g/mol. The van der Waals surface area contributed by atoms with E-state index in [1.54, 1.807) is 7.05 Å². The van der Waals surface area contributed by atoms with Crippen LogP contribution in [0.15, 0.2) is 18.2 Å². The van der Waals surface area contributed by atoms with Crippen LogP contribution in [0, 0.1) is 11.6 Å². The van der Waals surface area contributed by atoms with Gasteiger partial charge in [-0.3, -0.25) is 9.69 Å². The number of piperazine rings is 1. The Kier molecular flexibility index (Phi) is 5.03. The second kappa shape index (κ2) is 6.76. The standard InChI is InChI=1S/C14H19F2N3O/c1-18(9-10-19-7-5-17-6-8-19)14(20)11-3-2-4-12(15)13(11)16/h2-4,17H,5-10H2,1H3. The average Bonchev–Trinajstić information content (AvgIpc) is 2.48. The molecule has 0 spiro atoms. The SMILES string of the molecule is CN(CCN1CCNCC1)C(=O)c1cccc(F)c1F. The highest BCUT2D eigenvalue weighted by Crippen LogP contribution is 2.13. The Hall–Kier alpha value is -1.53. The minimum absolute atomic E-state index is 0.215. The molecule has 0 unspecified atom stereocenters. The lowest BCUT2D eigenvalue weighted by Crippen LogP contribution is -2.46. The molecule has 1 aliphatic rings. The number of benzene rings is 1. The monoisotopic (exact) mass is 283 g/mol. The molecule has 1 heterocycles. The Balaban J connectivity index is 1.92. The summed E-state index contributed by atoms with van der Waals surface area (Å²) in [5.74, 6) is -2.56. The Morgan fingerprint density at radius 1 is 1.35 bits per heavy atom. The number of nitrogens with one attached hydrogen (secondary N) is 1. The van der Waals surface area contributed by atoms with E-state index in [1.165, 1.54) is 17.0 Å². The van der Waals surface area contributed by atoms with Gasteiger partial charge in [-0.05, 0) is 12.1 Å². The van der Waals surface area contributed by atoms with Crippen molar-refractivity contribution in [2.75, 3.05) is 46.3 Å². The minimum Gasteiger partial charge on any atom is -0.340 e. The first-order valence-corrected chi connectivity index (χ1v) is 6.72. The molecule has 1 saturated heterocycles. The van der Waals surface area contributed by atoms with Crippen molar-refractivity contribution in [3.63, 3.8) is 0 Å². The van der Waals surface area contributed by atoms with Gasteiger partial charge in [0.2, 0.25) is 0 Å². The number of carbonyl (C=O) groups is 1. The van der Waals surface area contributed by atoms with Crippen molar-refractivity contribution in [1.29, 1.82) is 0 Å². The topological polar surface area (TPSA) is 35.6 Å². The van der Waals surface area contributed by atoms with Crippen LogP contribution in [0.4, 0.5) is 8.78 Å². The van der Waals surface area contributed by atoms with Gasteiger partial charge in [0, 0.05) is 46.3 Å². The van der Waals surface area contributed by atoms with Gasteiger partial charge in [0.1, 0.15) is 0 Å². The zero-order chi connectivity index (χ0) is 14.5. The molecule has 0 aromatic heterocycles. The fourth-order valence-electron chi connectivity index (χ4n) is 2.20. The van der Waals surface area contributed by atoms with Gasteiger partial charge in [-0.15, -0.1) is 0 Å². The summed E-state index contributed by atoms with van der Waals surface area (Å²) in [5, 5.41) is 3.25. The van der Waals surface area contributed by atoms with Crippen LogP contribution in [0.1, 0.15) is 10.4 Å². The Labute approximate surface area is 117 Å². The van der Waals surface area contributed by atoms with Crippen molar-refractivity contribution in [2.24, 2.45) is 0 Å². The molecule has 1 aromatic rings. The van der Waals surface area contributed by atoms with Crippen LogP contribution in [0.5, 0.6) is 0 Å². The smallest absolute Gasteiger partial charge is 0.256 e. The van der Waals surface area contributed by atoms with Gasteiger partial charge < -0.3 is 10.2 Å². The molecule has 0 aliphatic carbocycles. The van der Waals surface area contributed by atoms with Gasteiger partial charge in [0.15, 0.2) is 11.6 Å². The molecule has 2 rings (SSSR count). The second-order valence-electron chi connectivity index (χ2n) is 4.92. The van der Waals surface area contributed by atoms with E-state index in [4.69, 9.17) is 0 Å². The van der Waals surface area contributed by atoms with Crippen LogP contribution in [0.25, 0.3) is 0 Å². The number of nitrogens with zero attached hydrogens (tertiary/aromatic N) is 2. The fraction of sp³-hybridized carbons (Fsp3) is 0.500. The summed E-state index contributed by atoms with van der Waals surface area (Å²) in [4.78, 5) is 15.7. The van der Waals surface area contributed by atoms with E-state index in [-0.39, 0.29) is 5.56 Å². The van der Waals surface area contributed by atoms with Crippen LogP contribution >= 0.6 is 0 Å². The van der Waals surface area contributed by atoms with E-state index in [0.29, 0.717) is 6.54 Å². The minimum atomic E-state index is -1.08. The summed E-state index contributed by atoms with van der Waals surface area (Å²) in [7, 11) is 1.61. The lowest BCUT2D eigenvalue weighted by molar-refractivity contribution is 0.0769. The Bertz CT molecular complexity index is 475. The van der Waals surface area contributed by atoms with Crippen molar-refractivity contribution >= 4 is 5.91 Å². The first kappa shape index (κ1) is 14.9. The first-order valence-electron chi connectivity index (χ1n) is 6.72. The predicted molar refractivity (Wildman–Crippen MR) is 72.6 cm³/mol. The summed E-state index contributed by atoms with van der Waals surface area (Å²) in [6.07, 6.45) is 0. The maximum atomic E-state index is 13.6. The van der Waals surface area contributed by atoms with Crippen molar-refractivity contribution < 1.29 is 13.6 Å². The van der Waals surface area contributed by atoms with Crippen molar-refractivity contribution in [1.82, 2.24) is 15.1 Å². The number of carbonyl (C=O) groups excluding carboxylic acids is 1. The molecule has 4 nitrogen and oxygen atoms in total. The van der Waals surface area contributed by atoms with Crippen molar-refractivity contribution in [3.05, 3.63) is 35.4 Å². The van der Waals surface area contributed by atoms with Gasteiger partial charge in [-0.2, -0.15) is 0 Å². The van der Waals surface area contributed by atoms with E-state index in [9.17, 15) is 13.6 Å². The molecular formula is C14H19F2N3O. The molecule has 0 saturated carbocycles. The molecule has 110 valence electrons. The highest BCUT2D eigenvalue weighted by Gasteiger charge is 2.19. The highest BCUT2D eigenvalue weighted by atomic mass is 19.2. The average molecular weight is 283 g/mol. The highest BCUT2D eigenvalue weighted by molar-refractivity contribution is 5.94. The maximum absolute atomic E-state index is 13.6. The largest absolute Gasteiger partial charge is 0.340 e. The number of hydrogen-bond acceptors (Lipinski definition) is 3. The summed E-state index contributed by atoms with van der Waals surface area (Å²) in [5.41, 5.74) is -0.215. The molecule has 20 heavy (non-hydrogen) atoms. The van der Waals surface area contributed by atoms with Crippen LogP contribution < -0.4 is 5.32 Å². The number of halogens is 2.